The molecule has 0 unspecified atom stereocenters. The zero-order valence-corrected chi connectivity index (χ0v) is 22.0. The summed E-state index contributed by atoms with van der Waals surface area (Å²) in [5.41, 5.74) is 3.04. The Morgan fingerprint density at radius 2 is 1.25 bits per heavy atom. The molecule has 0 aromatic heterocycles. The molecule has 5 nitrogen and oxygen atoms in total. The third-order valence-electron chi connectivity index (χ3n) is 4.90. The number of nitrogens with zero attached hydrogens (tertiary/aromatic N) is 2. The molecule has 1 heterocycles. The van der Waals surface area contributed by atoms with Gasteiger partial charge in [-0.2, -0.15) is 0 Å². The van der Waals surface area contributed by atoms with Gasteiger partial charge in [0.25, 0.3) is 11.8 Å². The molecule has 0 aliphatic carbocycles. The van der Waals surface area contributed by atoms with Gasteiger partial charge in [-0.05, 0) is 105 Å². The lowest BCUT2D eigenvalue weighted by Gasteiger charge is -2.36. The molecule has 4 rings (SSSR count). The monoisotopic (exact) mass is 665 g/mol. The Bertz CT molecular complexity index is 1160. The molecule has 1 fully saturated rings. The summed E-state index contributed by atoms with van der Waals surface area (Å²) in [5.74, 6) is -0.887. The minimum Gasteiger partial charge on any atom is -0.386 e. The molecule has 8 heteroatoms. The Morgan fingerprint density at radius 3 is 1.66 bits per heavy atom. The van der Waals surface area contributed by atoms with Crippen LogP contribution in [0.5, 0.6) is 0 Å². The Balaban J connectivity index is 1.87. The maximum atomic E-state index is 13.5. The molecular formula is C24H17I2N3O2S. The van der Waals surface area contributed by atoms with Crippen LogP contribution in [0.4, 0.5) is 17.1 Å². The van der Waals surface area contributed by atoms with Crippen molar-refractivity contribution in [3.05, 3.63) is 91.1 Å². The predicted octanol–water partition coefficient (Wildman–Crippen LogP) is 5.69. The zero-order chi connectivity index (χ0) is 22.8. The van der Waals surface area contributed by atoms with Crippen molar-refractivity contribution in [2.45, 2.75) is 0 Å². The first-order valence-electron chi connectivity index (χ1n) is 9.64. The number of nitrogens with one attached hydrogen (secondary N) is 1. The van der Waals surface area contributed by atoms with E-state index in [1.807, 2.05) is 55.6 Å². The van der Waals surface area contributed by atoms with E-state index in [-0.39, 0.29) is 10.7 Å². The summed E-state index contributed by atoms with van der Waals surface area (Å²) in [5, 5.41) is 3.30. The molecule has 0 spiro atoms. The van der Waals surface area contributed by atoms with Crippen molar-refractivity contribution in [3.8, 4) is 0 Å². The molecule has 3 aromatic carbocycles. The number of halogens is 2. The molecule has 0 saturated carbocycles. The van der Waals surface area contributed by atoms with Crippen molar-refractivity contribution < 1.29 is 9.59 Å². The van der Waals surface area contributed by atoms with Crippen molar-refractivity contribution in [1.82, 2.24) is 0 Å². The zero-order valence-electron chi connectivity index (χ0n) is 16.9. The summed E-state index contributed by atoms with van der Waals surface area (Å²) in [6.07, 6.45) is 1.64. The number of amides is 2. The maximum Gasteiger partial charge on any atom is 0.270 e. The van der Waals surface area contributed by atoms with E-state index < -0.39 is 11.8 Å². The molecule has 160 valence electrons. The van der Waals surface area contributed by atoms with E-state index >= 15 is 0 Å². The summed E-state index contributed by atoms with van der Waals surface area (Å²) >= 11 is 10.1. The van der Waals surface area contributed by atoms with Gasteiger partial charge in [0.1, 0.15) is 5.57 Å². The van der Waals surface area contributed by atoms with Gasteiger partial charge in [0.15, 0.2) is 5.11 Å². The SMILES string of the molecule is CNc1c(I)cc(C=C2C(=O)N(c3ccccc3)C(=S)N(c3ccccc3)C2=O)cc1I. The number of hydrogen-bond acceptors (Lipinski definition) is 4. The second kappa shape index (κ2) is 9.67. The third-order valence-corrected chi connectivity index (χ3v) is 6.97. The molecule has 2 amide bonds. The fourth-order valence-electron chi connectivity index (χ4n) is 3.42. The Hall–Kier alpha value is -2.31. The molecule has 1 N–H and O–H groups in total. The van der Waals surface area contributed by atoms with Crippen LogP contribution in [-0.2, 0) is 9.59 Å². The number of carbonyl (C=O) groups is 2. The van der Waals surface area contributed by atoms with Crippen LogP contribution >= 0.6 is 57.4 Å². The van der Waals surface area contributed by atoms with Crippen LogP contribution in [0.1, 0.15) is 5.56 Å². The van der Waals surface area contributed by atoms with Gasteiger partial charge in [0.05, 0.1) is 17.1 Å². The molecule has 32 heavy (non-hydrogen) atoms. The second-order valence-corrected chi connectivity index (χ2v) is 9.59. The Morgan fingerprint density at radius 1 is 0.812 bits per heavy atom. The van der Waals surface area contributed by atoms with Crippen LogP contribution in [0.3, 0.4) is 0 Å². The molecule has 0 radical (unpaired) electrons. The number of para-hydroxylation sites is 2. The van der Waals surface area contributed by atoms with Gasteiger partial charge in [-0.15, -0.1) is 0 Å². The molecule has 1 saturated heterocycles. The predicted molar refractivity (Wildman–Crippen MR) is 150 cm³/mol. The maximum absolute atomic E-state index is 13.5. The Kier molecular flexibility index (Phi) is 6.91. The van der Waals surface area contributed by atoms with Crippen LogP contribution in [-0.4, -0.2) is 24.0 Å². The minimum atomic E-state index is -0.443. The Labute approximate surface area is 218 Å². The lowest BCUT2D eigenvalue weighted by Crippen LogP contribution is -2.56. The van der Waals surface area contributed by atoms with Gasteiger partial charge >= 0.3 is 0 Å². The van der Waals surface area contributed by atoms with Gasteiger partial charge in [0.2, 0.25) is 0 Å². The fourth-order valence-corrected chi connectivity index (χ4v) is 6.15. The van der Waals surface area contributed by atoms with Crippen LogP contribution in [0.25, 0.3) is 6.08 Å². The van der Waals surface area contributed by atoms with Crippen molar-refractivity contribution in [3.63, 3.8) is 0 Å². The van der Waals surface area contributed by atoms with Gasteiger partial charge in [-0.1, -0.05) is 36.4 Å². The molecule has 0 atom stereocenters. The highest BCUT2D eigenvalue weighted by molar-refractivity contribution is 14.1. The summed E-state index contributed by atoms with van der Waals surface area (Å²) in [7, 11) is 1.86. The van der Waals surface area contributed by atoms with Crippen molar-refractivity contribution >= 4 is 97.5 Å². The highest BCUT2D eigenvalue weighted by Gasteiger charge is 2.41. The topological polar surface area (TPSA) is 52.7 Å². The first-order chi connectivity index (χ1) is 15.4. The number of carbonyl (C=O) groups excluding carboxylic acids is 2. The number of hydrogen-bond donors (Lipinski definition) is 1. The quantitative estimate of drug-likeness (QED) is 0.169. The van der Waals surface area contributed by atoms with Crippen LogP contribution in [0.15, 0.2) is 78.4 Å². The van der Waals surface area contributed by atoms with E-state index in [1.165, 1.54) is 9.80 Å². The number of benzene rings is 3. The summed E-state index contributed by atoms with van der Waals surface area (Å²) in [6.45, 7) is 0. The van der Waals surface area contributed by atoms with Gasteiger partial charge in [-0.3, -0.25) is 19.4 Å². The van der Waals surface area contributed by atoms with Gasteiger partial charge < -0.3 is 5.32 Å². The summed E-state index contributed by atoms with van der Waals surface area (Å²) in [4.78, 5) is 29.9. The average molecular weight is 665 g/mol. The first-order valence-corrected chi connectivity index (χ1v) is 12.2. The van der Waals surface area contributed by atoms with Crippen LogP contribution in [0, 0.1) is 7.14 Å². The molecular weight excluding hydrogens is 648 g/mol. The standard InChI is InChI=1S/C24H17I2N3O2S/c1-27-21-19(25)13-15(14-20(21)26)12-18-22(30)28(16-8-4-2-5-9-16)24(32)29(23(18)31)17-10-6-3-7-11-17/h2-14,27H,1H3. The lowest BCUT2D eigenvalue weighted by molar-refractivity contribution is -0.120. The van der Waals surface area contributed by atoms with E-state index in [0.717, 1.165) is 18.4 Å². The molecule has 0 bridgehead atoms. The highest BCUT2D eigenvalue weighted by atomic mass is 127. The van der Waals surface area contributed by atoms with Crippen molar-refractivity contribution in [2.75, 3.05) is 22.2 Å². The first kappa shape index (κ1) is 22.9. The third kappa shape index (κ3) is 4.30. The smallest absolute Gasteiger partial charge is 0.270 e. The van der Waals surface area contributed by atoms with Crippen molar-refractivity contribution in [2.24, 2.45) is 0 Å². The largest absolute Gasteiger partial charge is 0.386 e. The number of anilines is 3. The lowest BCUT2D eigenvalue weighted by atomic mass is 10.0. The molecule has 3 aromatic rings. The van der Waals surface area contributed by atoms with E-state index in [0.29, 0.717) is 11.4 Å². The highest BCUT2D eigenvalue weighted by Crippen LogP contribution is 2.31. The number of rotatable bonds is 4. The van der Waals surface area contributed by atoms with E-state index in [9.17, 15) is 9.59 Å². The van der Waals surface area contributed by atoms with Gasteiger partial charge in [-0.25, -0.2) is 0 Å². The van der Waals surface area contributed by atoms with Crippen LogP contribution in [0.2, 0.25) is 0 Å². The number of thiocarbonyl (C=S) groups is 1. The van der Waals surface area contributed by atoms with Crippen molar-refractivity contribution in [1.29, 1.82) is 0 Å². The van der Waals surface area contributed by atoms with Crippen LogP contribution < -0.4 is 15.1 Å². The average Bonchev–Trinajstić information content (AvgIpc) is 2.78. The van der Waals surface area contributed by atoms with E-state index in [1.54, 1.807) is 30.3 Å². The van der Waals surface area contributed by atoms with Gasteiger partial charge in [0, 0.05) is 14.2 Å². The second-order valence-electron chi connectivity index (χ2n) is 6.90. The molecule has 1 aliphatic heterocycles. The molecule has 1 aliphatic rings. The minimum absolute atomic E-state index is 0.0510. The van der Waals surface area contributed by atoms with E-state index in [2.05, 4.69) is 50.5 Å². The fraction of sp³-hybridized carbons (Fsp3) is 0.0417. The summed E-state index contributed by atoms with van der Waals surface area (Å²) < 4.78 is 1.99. The summed E-state index contributed by atoms with van der Waals surface area (Å²) in [6, 6.07) is 22.1. The van der Waals surface area contributed by atoms with E-state index in [4.69, 9.17) is 12.2 Å². The normalized spacial score (nSPS) is 14.1.